The van der Waals surface area contributed by atoms with E-state index in [1.165, 1.54) is 0 Å². The summed E-state index contributed by atoms with van der Waals surface area (Å²) < 4.78 is 11.7. The first-order valence-corrected chi connectivity index (χ1v) is 11.1. The Morgan fingerprint density at radius 2 is 1.60 bits per heavy atom. The van der Waals surface area contributed by atoms with E-state index in [1.807, 2.05) is 41.3 Å². The topological polar surface area (TPSA) is 50.8 Å². The SMILES string of the molecule is CC(C)[C@H](N[C@H](C(=O)N1CCCC1)c1ccccc1)c1ccc2c(c1)OCCCO2. The van der Waals surface area contributed by atoms with Gasteiger partial charge in [-0.25, -0.2) is 0 Å². The third-order valence-corrected chi connectivity index (χ3v) is 5.94. The van der Waals surface area contributed by atoms with Crippen molar-refractivity contribution in [2.75, 3.05) is 26.3 Å². The minimum atomic E-state index is -0.368. The fraction of sp³-hybridized carbons (Fsp3) is 0.480. The van der Waals surface area contributed by atoms with Crippen LogP contribution in [0.4, 0.5) is 0 Å². The molecule has 2 aromatic rings. The van der Waals surface area contributed by atoms with E-state index in [2.05, 4.69) is 31.3 Å². The number of nitrogens with zero attached hydrogens (tertiary/aromatic N) is 1. The molecule has 1 N–H and O–H groups in total. The standard InChI is InChI=1S/C25H32N2O3/c1-18(2)23(20-11-12-21-22(17-20)30-16-8-15-29-21)26-24(19-9-4-3-5-10-19)25(28)27-13-6-7-14-27/h3-5,9-12,17-18,23-24,26H,6-8,13-16H2,1-2H3/t23-,24-/m0/s1. The molecule has 2 atom stereocenters. The van der Waals surface area contributed by atoms with E-state index in [0.29, 0.717) is 19.1 Å². The highest BCUT2D eigenvalue weighted by Crippen LogP contribution is 2.35. The molecule has 2 heterocycles. The van der Waals surface area contributed by atoms with Crippen molar-refractivity contribution in [2.45, 2.75) is 45.2 Å². The van der Waals surface area contributed by atoms with Gasteiger partial charge in [0.05, 0.1) is 13.2 Å². The quantitative estimate of drug-likeness (QED) is 0.765. The number of hydrogen-bond acceptors (Lipinski definition) is 4. The van der Waals surface area contributed by atoms with Gasteiger partial charge in [-0.3, -0.25) is 10.1 Å². The lowest BCUT2D eigenvalue weighted by Crippen LogP contribution is -2.42. The Hall–Kier alpha value is -2.53. The zero-order valence-electron chi connectivity index (χ0n) is 18.0. The van der Waals surface area contributed by atoms with Gasteiger partial charge in [-0.1, -0.05) is 50.2 Å². The number of amides is 1. The average molecular weight is 409 g/mol. The second-order valence-corrected chi connectivity index (χ2v) is 8.52. The first-order valence-electron chi connectivity index (χ1n) is 11.1. The summed E-state index contributed by atoms with van der Waals surface area (Å²) in [5.74, 6) is 2.05. The molecule has 2 aromatic carbocycles. The fourth-order valence-corrected chi connectivity index (χ4v) is 4.30. The van der Waals surface area contributed by atoms with Crippen molar-refractivity contribution in [1.29, 1.82) is 0 Å². The fourth-order valence-electron chi connectivity index (χ4n) is 4.30. The summed E-state index contributed by atoms with van der Waals surface area (Å²) in [5, 5.41) is 3.70. The highest BCUT2D eigenvalue weighted by Gasteiger charge is 2.31. The number of likely N-dealkylation sites (tertiary alicyclic amines) is 1. The van der Waals surface area contributed by atoms with Gasteiger partial charge in [-0.05, 0) is 42.0 Å². The summed E-state index contributed by atoms with van der Waals surface area (Å²) in [6.07, 6.45) is 3.06. The van der Waals surface area contributed by atoms with Crippen molar-refractivity contribution in [3.8, 4) is 11.5 Å². The molecule has 1 fully saturated rings. The first-order chi connectivity index (χ1) is 14.6. The number of carbonyl (C=O) groups excluding carboxylic acids is 1. The molecule has 0 radical (unpaired) electrons. The van der Waals surface area contributed by atoms with Crippen LogP contribution in [0.3, 0.4) is 0 Å². The van der Waals surface area contributed by atoms with Crippen molar-refractivity contribution in [2.24, 2.45) is 5.92 Å². The third-order valence-electron chi connectivity index (χ3n) is 5.94. The van der Waals surface area contributed by atoms with E-state index in [-0.39, 0.29) is 18.0 Å². The maximum atomic E-state index is 13.4. The van der Waals surface area contributed by atoms with Crippen molar-refractivity contribution >= 4 is 5.91 Å². The molecule has 4 rings (SSSR count). The number of benzene rings is 2. The summed E-state index contributed by atoms with van der Waals surface area (Å²) in [4.78, 5) is 15.4. The zero-order chi connectivity index (χ0) is 20.9. The molecule has 0 aliphatic carbocycles. The van der Waals surface area contributed by atoms with Gasteiger partial charge < -0.3 is 14.4 Å². The maximum absolute atomic E-state index is 13.4. The first kappa shape index (κ1) is 20.7. The molecule has 1 amide bonds. The molecule has 0 aromatic heterocycles. The van der Waals surface area contributed by atoms with Crippen LogP contribution in [0.5, 0.6) is 11.5 Å². The Morgan fingerprint density at radius 3 is 2.30 bits per heavy atom. The Bertz CT molecular complexity index is 847. The van der Waals surface area contributed by atoms with Gasteiger partial charge >= 0.3 is 0 Å². The molecule has 0 bridgehead atoms. The summed E-state index contributed by atoms with van der Waals surface area (Å²) in [5.41, 5.74) is 2.12. The Balaban J connectivity index is 1.63. The molecular formula is C25H32N2O3. The third kappa shape index (κ3) is 4.62. The smallest absolute Gasteiger partial charge is 0.244 e. The van der Waals surface area contributed by atoms with Crippen LogP contribution >= 0.6 is 0 Å². The van der Waals surface area contributed by atoms with Crippen LogP contribution in [0.1, 0.15) is 56.3 Å². The molecule has 5 nitrogen and oxygen atoms in total. The van der Waals surface area contributed by atoms with Crippen molar-refractivity contribution < 1.29 is 14.3 Å². The summed E-state index contributed by atoms with van der Waals surface area (Å²) in [6, 6.07) is 15.9. The van der Waals surface area contributed by atoms with E-state index >= 15 is 0 Å². The summed E-state index contributed by atoms with van der Waals surface area (Å²) in [6.45, 7) is 7.40. The largest absolute Gasteiger partial charge is 0.490 e. The predicted molar refractivity (Wildman–Crippen MR) is 118 cm³/mol. The lowest BCUT2D eigenvalue weighted by Gasteiger charge is -2.31. The Morgan fingerprint density at radius 1 is 0.900 bits per heavy atom. The molecule has 2 aliphatic heterocycles. The van der Waals surface area contributed by atoms with E-state index in [1.54, 1.807) is 0 Å². The minimum Gasteiger partial charge on any atom is -0.490 e. The molecular weight excluding hydrogens is 376 g/mol. The average Bonchev–Trinajstić information content (AvgIpc) is 3.20. The van der Waals surface area contributed by atoms with Gasteiger partial charge in [0.2, 0.25) is 5.91 Å². The van der Waals surface area contributed by atoms with E-state index < -0.39 is 0 Å². The molecule has 30 heavy (non-hydrogen) atoms. The van der Waals surface area contributed by atoms with Crippen LogP contribution in [-0.2, 0) is 4.79 Å². The summed E-state index contributed by atoms with van der Waals surface area (Å²) in [7, 11) is 0. The second kappa shape index (κ2) is 9.52. The van der Waals surface area contributed by atoms with Crippen LogP contribution in [-0.4, -0.2) is 37.1 Å². The number of carbonyl (C=O) groups is 1. The number of hydrogen-bond donors (Lipinski definition) is 1. The van der Waals surface area contributed by atoms with Gasteiger partial charge in [-0.15, -0.1) is 0 Å². The summed E-state index contributed by atoms with van der Waals surface area (Å²) >= 11 is 0. The second-order valence-electron chi connectivity index (χ2n) is 8.52. The van der Waals surface area contributed by atoms with Crippen molar-refractivity contribution in [3.63, 3.8) is 0 Å². The van der Waals surface area contributed by atoms with Gasteiger partial charge in [0, 0.05) is 25.6 Å². The van der Waals surface area contributed by atoms with E-state index in [4.69, 9.17) is 9.47 Å². The predicted octanol–water partition coefficient (Wildman–Crippen LogP) is 4.50. The minimum absolute atomic E-state index is 0.0129. The van der Waals surface area contributed by atoms with Crippen LogP contribution in [0.2, 0.25) is 0 Å². The zero-order valence-corrected chi connectivity index (χ0v) is 18.0. The van der Waals surface area contributed by atoms with Crippen LogP contribution in [0.15, 0.2) is 48.5 Å². The molecule has 1 saturated heterocycles. The molecule has 5 heteroatoms. The number of rotatable bonds is 6. The lowest BCUT2D eigenvalue weighted by molar-refractivity contribution is -0.132. The van der Waals surface area contributed by atoms with Gasteiger partial charge in [0.25, 0.3) is 0 Å². The highest BCUT2D eigenvalue weighted by atomic mass is 16.5. The molecule has 0 spiro atoms. The van der Waals surface area contributed by atoms with Gasteiger partial charge in [-0.2, -0.15) is 0 Å². The van der Waals surface area contributed by atoms with E-state index in [0.717, 1.165) is 55.0 Å². The number of ether oxygens (including phenoxy) is 2. The molecule has 2 aliphatic rings. The van der Waals surface area contributed by atoms with Crippen molar-refractivity contribution in [3.05, 3.63) is 59.7 Å². The monoisotopic (exact) mass is 408 g/mol. The highest BCUT2D eigenvalue weighted by molar-refractivity contribution is 5.83. The Kier molecular flexibility index (Phi) is 6.58. The van der Waals surface area contributed by atoms with Gasteiger partial charge in [0.1, 0.15) is 6.04 Å². The van der Waals surface area contributed by atoms with E-state index in [9.17, 15) is 4.79 Å². The molecule has 0 unspecified atom stereocenters. The Labute approximate surface area is 179 Å². The number of fused-ring (bicyclic) bond motifs is 1. The molecule has 160 valence electrons. The van der Waals surface area contributed by atoms with Crippen LogP contribution in [0.25, 0.3) is 0 Å². The lowest BCUT2D eigenvalue weighted by atomic mass is 9.93. The van der Waals surface area contributed by atoms with Crippen molar-refractivity contribution in [1.82, 2.24) is 10.2 Å². The molecule has 0 saturated carbocycles. The number of nitrogens with one attached hydrogen (secondary N) is 1. The maximum Gasteiger partial charge on any atom is 0.244 e. The normalized spacial score (nSPS) is 18.2. The van der Waals surface area contributed by atoms with Crippen LogP contribution < -0.4 is 14.8 Å². The van der Waals surface area contributed by atoms with Crippen LogP contribution in [0, 0.1) is 5.92 Å². The van der Waals surface area contributed by atoms with Gasteiger partial charge in [0.15, 0.2) is 11.5 Å².